The average molecular weight is 449 g/mol. The predicted octanol–water partition coefficient (Wildman–Crippen LogP) is 3.09. The van der Waals surface area contributed by atoms with Crippen molar-refractivity contribution >= 4 is 21.7 Å². The number of hydrogen-bond donors (Lipinski definition) is 1. The Balaban J connectivity index is 2.18. The summed E-state index contributed by atoms with van der Waals surface area (Å²) in [6.07, 6.45) is -1.57. The van der Waals surface area contributed by atoms with Crippen molar-refractivity contribution in [3.05, 3.63) is 35.4 Å². The van der Waals surface area contributed by atoms with Gasteiger partial charge in [0, 0.05) is 19.5 Å². The van der Waals surface area contributed by atoms with Gasteiger partial charge in [-0.3, -0.25) is 9.59 Å². The van der Waals surface area contributed by atoms with Crippen LogP contribution in [-0.4, -0.2) is 49.7 Å². The number of carbonyl (C=O) groups is 2. The van der Waals surface area contributed by atoms with E-state index in [4.69, 9.17) is 0 Å². The van der Waals surface area contributed by atoms with Gasteiger partial charge in [0.2, 0.25) is 11.8 Å². The molecular weight excluding hydrogens is 421 g/mol. The summed E-state index contributed by atoms with van der Waals surface area (Å²) >= 11 is 0. The third-order valence-electron chi connectivity index (χ3n) is 4.94. The van der Waals surface area contributed by atoms with Crippen molar-refractivity contribution in [3.8, 4) is 0 Å². The Kier molecular flexibility index (Phi) is 8.28. The number of sulfone groups is 1. The highest BCUT2D eigenvalue weighted by atomic mass is 32.2. The normalized spacial score (nSPS) is 16.0. The maximum Gasteiger partial charge on any atom is 0.416 e. The Bertz CT molecular complexity index is 856. The summed E-state index contributed by atoms with van der Waals surface area (Å²) in [5.74, 6) is -1.79. The van der Waals surface area contributed by atoms with Crippen LogP contribution in [-0.2, 0) is 25.6 Å². The molecule has 2 rings (SSSR count). The monoisotopic (exact) mass is 448 g/mol. The van der Waals surface area contributed by atoms with E-state index in [0.29, 0.717) is 25.8 Å². The van der Waals surface area contributed by atoms with Gasteiger partial charge in [-0.25, -0.2) is 8.42 Å². The van der Waals surface area contributed by atoms with E-state index in [0.717, 1.165) is 25.0 Å². The Morgan fingerprint density at radius 1 is 1.27 bits per heavy atom. The molecule has 1 N–H and O–H groups in total. The van der Waals surface area contributed by atoms with Crippen LogP contribution in [0.25, 0.3) is 0 Å². The van der Waals surface area contributed by atoms with Crippen LogP contribution < -0.4 is 5.32 Å². The van der Waals surface area contributed by atoms with Gasteiger partial charge in [0.25, 0.3) is 0 Å². The molecule has 1 heterocycles. The zero-order valence-corrected chi connectivity index (χ0v) is 17.7. The molecule has 0 saturated carbocycles. The zero-order chi connectivity index (χ0) is 22.4. The summed E-state index contributed by atoms with van der Waals surface area (Å²) in [4.78, 5) is 25.8. The number of hydrogen-bond acceptors (Lipinski definition) is 4. The van der Waals surface area contributed by atoms with Gasteiger partial charge in [0.1, 0.15) is 5.75 Å². The first-order valence-electron chi connectivity index (χ1n) is 9.96. The van der Waals surface area contributed by atoms with Crippen molar-refractivity contribution in [2.24, 2.45) is 0 Å². The summed E-state index contributed by atoms with van der Waals surface area (Å²) in [6.45, 7) is 2.36. The Hall–Kier alpha value is -2.10. The van der Waals surface area contributed by atoms with Crippen LogP contribution in [0.5, 0.6) is 0 Å². The van der Waals surface area contributed by atoms with E-state index in [9.17, 15) is 31.2 Å². The van der Waals surface area contributed by atoms with E-state index in [1.165, 1.54) is 17.0 Å². The summed E-state index contributed by atoms with van der Waals surface area (Å²) in [6, 6.07) is 3.55. The maximum atomic E-state index is 13.1. The average Bonchev–Trinajstić information content (AvgIpc) is 3.05. The fraction of sp³-hybridized carbons (Fsp3) is 0.600. The number of nitrogens with zero attached hydrogens (tertiary/aromatic N) is 1. The van der Waals surface area contributed by atoms with Crippen molar-refractivity contribution in [3.63, 3.8) is 0 Å². The minimum atomic E-state index is -4.56. The fourth-order valence-corrected chi connectivity index (χ4v) is 4.63. The molecule has 1 aromatic rings. The predicted molar refractivity (Wildman–Crippen MR) is 106 cm³/mol. The smallest absolute Gasteiger partial charge is 0.347 e. The highest BCUT2D eigenvalue weighted by Gasteiger charge is 2.32. The van der Waals surface area contributed by atoms with Crippen LogP contribution >= 0.6 is 0 Å². The Morgan fingerprint density at radius 3 is 2.60 bits per heavy atom. The quantitative estimate of drug-likeness (QED) is 0.558. The maximum absolute atomic E-state index is 13.1. The van der Waals surface area contributed by atoms with E-state index in [1.807, 2.05) is 6.92 Å². The van der Waals surface area contributed by atoms with Crippen LogP contribution in [0.1, 0.15) is 56.2 Å². The molecule has 1 fully saturated rings. The molecule has 6 nitrogen and oxygen atoms in total. The second-order valence-corrected chi connectivity index (χ2v) is 9.67. The topological polar surface area (TPSA) is 83.6 Å². The van der Waals surface area contributed by atoms with E-state index < -0.39 is 39.3 Å². The number of amides is 2. The summed E-state index contributed by atoms with van der Waals surface area (Å²) < 4.78 is 63.6. The molecule has 0 radical (unpaired) electrons. The van der Waals surface area contributed by atoms with Gasteiger partial charge in [-0.05, 0) is 30.5 Å². The number of benzene rings is 1. The molecule has 10 heteroatoms. The molecule has 1 aliphatic rings. The number of rotatable bonds is 10. The van der Waals surface area contributed by atoms with Crippen LogP contribution in [0.4, 0.5) is 13.2 Å². The number of alkyl halides is 3. The summed E-state index contributed by atoms with van der Waals surface area (Å²) in [7, 11) is -3.62. The lowest BCUT2D eigenvalue weighted by Gasteiger charge is -2.26. The van der Waals surface area contributed by atoms with Crippen molar-refractivity contribution in [1.82, 2.24) is 10.2 Å². The van der Waals surface area contributed by atoms with Crippen LogP contribution in [0.15, 0.2) is 24.3 Å². The van der Waals surface area contributed by atoms with E-state index in [2.05, 4.69) is 5.32 Å². The van der Waals surface area contributed by atoms with Gasteiger partial charge < -0.3 is 10.2 Å². The third kappa shape index (κ3) is 7.30. The number of halogens is 3. The molecule has 0 aromatic heterocycles. The largest absolute Gasteiger partial charge is 0.416 e. The molecular formula is C20H27F3N2O4S. The molecule has 1 aromatic carbocycles. The summed E-state index contributed by atoms with van der Waals surface area (Å²) in [5.41, 5.74) is -0.708. The second-order valence-electron chi connectivity index (χ2n) is 7.49. The third-order valence-corrected chi connectivity index (χ3v) is 6.55. The standard InChI is InChI=1S/C20H27F3N2O4S/c1-2-3-4-11-30(28,29)14-18(26)24-17(13-25-10-6-9-19(25)27)15-7-5-8-16(12-15)20(21,22)23/h5,7-8,12,17H,2-4,6,9-11,13-14H2,1H3,(H,24,26). The lowest BCUT2D eigenvalue weighted by atomic mass is 10.0. The first-order valence-corrected chi connectivity index (χ1v) is 11.8. The highest BCUT2D eigenvalue weighted by molar-refractivity contribution is 7.92. The molecule has 168 valence electrons. The van der Waals surface area contributed by atoms with Gasteiger partial charge in [0.15, 0.2) is 9.84 Å². The highest BCUT2D eigenvalue weighted by Crippen LogP contribution is 2.31. The van der Waals surface area contributed by atoms with Gasteiger partial charge >= 0.3 is 6.18 Å². The van der Waals surface area contributed by atoms with Crippen LogP contribution in [0.2, 0.25) is 0 Å². The molecule has 0 spiro atoms. The van der Waals surface area contributed by atoms with Gasteiger partial charge in [0.05, 0.1) is 17.4 Å². The second kappa shape index (κ2) is 10.3. The first-order chi connectivity index (χ1) is 14.0. The van der Waals surface area contributed by atoms with Gasteiger partial charge in [-0.2, -0.15) is 13.2 Å². The summed E-state index contributed by atoms with van der Waals surface area (Å²) in [5, 5.41) is 2.53. The molecule has 0 bridgehead atoms. The molecule has 1 unspecified atom stereocenters. The van der Waals surface area contributed by atoms with E-state index in [1.54, 1.807) is 0 Å². The SMILES string of the molecule is CCCCCS(=O)(=O)CC(=O)NC(CN1CCCC1=O)c1cccc(C(F)(F)F)c1. The lowest BCUT2D eigenvalue weighted by Crippen LogP contribution is -2.41. The minimum absolute atomic E-state index is 0.0121. The lowest BCUT2D eigenvalue weighted by molar-refractivity contribution is -0.137. The van der Waals surface area contributed by atoms with E-state index >= 15 is 0 Å². The van der Waals surface area contributed by atoms with Gasteiger partial charge in [-0.1, -0.05) is 31.9 Å². The fourth-order valence-electron chi connectivity index (χ4n) is 3.36. The molecule has 0 aliphatic carbocycles. The molecule has 1 saturated heterocycles. The Labute approximate surface area is 174 Å². The zero-order valence-electron chi connectivity index (χ0n) is 16.9. The number of nitrogens with one attached hydrogen (secondary N) is 1. The van der Waals surface area contributed by atoms with Crippen LogP contribution in [0.3, 0.4) is 0 Å². The molecule has 2 amide bonds. The first kappa shape index (κ1) is 24.2. The van der Waals surface area contributed by atoms with Crippen molar-refractivity contribution in [1.29, 1.82) is 0 Å². The van der Waals surface area contributed by atoms with E-state index in [-0.39, 0.29) is 23.8 Å². The number of carbonyl (C=O) groups excluding carboxylic acids is 2. The van der Waals surface area contributed by atoms with Crippen molar-refractivity contribution in [2.75, 3.05) is 24.6 Å². The molecule has 1 aliphatic heterocycles. The van der Waals surface area contributed by atoms with Crippen molar-refractivity contribution in [2.45, 2.75) is 51.2 Å². The number of unbranched alkanes of at least 4 members (excludes halogenated alkanes) is 2. The molecule has 30 heavy (non-hydrogen) atoms. The Morgan fingerprint density at radius 2 is 2.00 bits per heavy atom. The minimum Gasteiger partial charge on any atom is -0.347 e. The molecule has 1 atom stereocenters. The number of likely N-dealkylation sites (tertiary alicyclic amines) is 1. The van der Waals surface area contributed by atoms with Crippen LogP contribution in [0, 0.1) is 0 Å². The van der Waals surface area contributed by atoms with Gasteiger partial charge in [-0.15, -0.1) is 0 Å². The van der Waals surface area contributed by atoms with Crippen molar-refractivity contribution < 1.29 is 31.2 Å².